The molecule has 0 saturated heterocycles. The Balaban J connectivity index is 2.07. The van der Waals surface area contributed by atoms with Gasteiger partial charge >= 0.3 is 0 Å². The topological polar surface area (TPSA) is 40.5 Å². The molecule has 0 spiro atoms. The fraction of sp³-hybridized carbons (Fsp3) is 0.400. The van der Waals surface area contributed by atoms with Crippen molar-refractivity contribution in [3.8, 4) is 22.6 Å². The number of benzene rings is 2. The molecule has 0 aromatic heterocycles. The molecule has 2 nitrogen and oxygen atoms in total. The van der Waals surface area contributed by atoms with Crippen molar-refractivity contribution in [2.45, 2.75) is 51.4 Å². The van der Waals surface area contributed by atoms with Gasteiger partial charge in [-0.05, 0) is 131 Å². The Morgan fingerprint density at radius 3 is 1.42 bits per heavy atom. The summed E-state index contributed by atoms with van der Waals surface area (Å²) in [5, 5.41) is 21.8. The number of fused-ring (bicyclic) bond motifs is 2. The monoisotopic (exact) mass is 546 g/mol. The van der Waals surface area contributed by atoms with Crippen LogP contribution in [0.2, 0.25) is 0 Å². The third-order valence-electron chi connectivity index (χ3n) is 5.40. The minimum Gasteiger partial charge on any atom is -0.506 e. The van der Waals surface area contributed by atoms with Gasteiger partial charge in [0.05, 0.1) is 7.14 Å². The van der Waals surface area contributed by atoms with Gasteiger partial charge in [0, 0.05) is 11.1 Å². The summed E-state index contributed by atoms with van der Waals surface area (Å²) in [7, 11) is 0. The third kappa shape index (κ3) is 2.73. The molecule has 2 aliphatic rings. The molecule has 2 aromatic rings. The van der Waals surface area contributed by atoms with Gasteiger partial charge in [-0.15, -0.1) is 0 Å². The smallest absolute Gasteiger partial charge is 0.137 e. The van der Waals surface area contributed by atoms with Gasteiger partial charge in [-0.1, -0.05) is 0 Å². The highest BCUT2D eigenvalue weighted by molar-refractivity contribution is 14.1. The molecular formula is C20H20I2O2. The number of rotatable bonds is 1. The molecule has 4 heteroatoms. The fourth-order valence-corrected chi connectivity index (χ4v) is 5.54. The second-order valence-electron chi connectivity index (χ2n) is 6.85. The Morgan fingerprint density at radius 1 is 0.625 bits per heavy atom. The molecule has 0 bridgehead atoms. The number of hydrogen-bond donors (Lipinski definition) is 2. The van der Waals surface area contributed by atoms with Crippen molar-refractivity contribution < 1.29 is 10.2 Å². The summed E-state index contributed by atoms with van der Waals surface area (Å²) in [6.07, 6.45) is 8.88. The molecule has 0 heterocycles. The number of phenols is 2. The van der Waals surface area contributed by atoms with Crippen LogP contribution < -0.4 is 0 Å². The van der Waals surface area contributed by atoms with Crippen molar-refractivity contribution in [1.29, 1.82) is 0 Å². The summed E-state index contributed by atoms with van der Waals surface area (Å²) >= 11 is 4.45. The van der Waals surface area contributed by atoms with E-state index in [9.17, 15) is 10.2 Å². The first-order valence-corrected chi connectivity index (χ1v) is 10.8. The van der Waals surface area contributed by atoms with Gasteiger partial charge in [0.25, 0.3) is 0 Å². The molecule has 24 heavy (non-hydrogen) atoms. The van der Waals surface area contributed by atoms with Gasteiger partial charge in [0.2, 0.25) is 0 Å². The molecule has 0 fully saturated rings. The summed E-state index contributed by atoms with van der Waals surface area (Å²) in [5.74, 6) is 0.697. The van der Waals surface area contributed by atoms with E-state index < -0.39 is 0 Å². The first-order chi connectivity index (χ1) is 11.6. The van der Waals surface area contributed by atoms with E-state index in [-0.39, 0.29) is 0 Å². The fourth-order valence-electron chi connectivity index (χ4n) is 4.25. The van der Waals surface area contributed by atoms with Crippen LogP contribution in [0.4, 0.5) is 0 Å². The van der Waals surface area contributed by atoms with Crippen LogP contribution in [0.25, 0.3) is 11.1 Å². The van der Waals surface area contributed by atoms with E-state index in [0.29, 0.717) is 11.5 Å². The van der Waals surface area contributed by atoms with Gasteiger partial charge in [-0.3, -0.25) is 0 Å². The van der Waals surface area contributed by atoms with Crippen molar-refractivity contribution in [1.82, 2.24) is 0 Å². The summed E-state index contributed by atoms with van der Waals surface area (Å²) in [5.41, 5.74) is 7.02. The van der Waals surface area contributed by atoms with Crippen molar-refractivity contribution in [2.75, 3.05) is 0 Å². The lowest BCUT2D eigenvalue weighted by Gasteiger charge is -2.26. The molecule has 0 unspecified atom stereocenters. The number of aryl methyl sites for hydroxylation is 2. The molecule has 0 radical (unpaired) electrons. The van der Waals surface area contributed by atoms with E-state index in [1.165, 1.54) is 35.1 Å². The largest absolute Gasteiger partial charge is 0.506 e. The summed E-state index contributed by atoms with van der Waals surface area (Å²) in [4.78, 5) is 0. The van der Waals surface area contributed by atoms with E-state index in [1.807, 2.05) is 0 Å². The van der Waals surface area contributed by atoms with Crippen molar-refractivity contribution >= 4 is 45.2 Å². The molecule has 0 saturated carbocycles. The van der Waals surface area contributed by atoms with E-state index >= 15 is 0 Å². The second-order valence-corrected chi connectivity index (χ2v) is 9.18. The van der Waals surface area contributed by atoms with E-state index in [0.717, 1.165) is 56.8 Å². The first kappa shape index (κ1) is 16.9. The Bertz CT molecular complexity index is 758. The van der Waals surface area contributed by atoms with Crippen LogP contribution in [0.15, 0.2) is 12.1 Å². The normalized spacial score (nSPS) is 16.6. The van der Waals surface area contributed by atoms with Crippen LogP contribution in [-0.4, -0.2) is 10.2 Å². The van der Waals surface area contributed by atoms with Gasteiger partial charge < -0.3 is 10.2 Å². The van der Waals surface area contributed by atoms with E-state index in [4.69, 9.17) is 0 Å². The zero-order chi connectivity index (χ0) is 16.8. The van der Waals surface area contributed by atoms with Crippen molar-refractivity contribution in [3.05, 3.63) is 41.5 Å². The highest BCUT2D eigenvalue weighted by Gasteiger charge is 2.27. The Kier molecular flexibility index (Phi) is 4.71. The Morgan fingerprint density at radius 2 is 1.00 bits per heavy atom. The molecule has 0 aliphatic heterocycles. The van der Waals surface area contributed by atoms with Gasteiger partial charge in [0.15, 0.2) is 0 Å². The first-order valence-electron chi connectivity index (χ1n) is 8.64. The number of aromatic hydroxyl groups is 2. The van der Waals surface area contributed by atoms with Crippen LogP contribution in [0.5, 0.6) is 11.5 Å². The summed E-state index contributed by atoms with van der Waals surface area (Å²) < 4.78 is 1.79. The maximum absolute atomic E-state index is 10.9. The van der Waals surface area contributed by atoms with Gasteiger partial charge in [-0.25, -0.2) is 0 Å². The highest BCUT2D eigenvalue weighted by Crippen LogP contribution is 2.48. The predicted octanol–water partition coefficient (Wildman–Crippen LogP) is 5.73. The molecule has 2 aromatic carbocycles. The average molecular weight is 546 g/mol. The SMILES string of the molecule is Oc1c(I)cc2c(c1-c1c(O)c(I)cc3c1CCCC3)CCCC2. The van der Waals surface area contributed by atoms with Crippen LogP contribution in [0.3, 0.4) is 0 Å². The standard InChI is InChI=1S/C20H20I2O2/c21-15-9-11-5-1-3-7-13(11)17(19(15)23)18-14-8-4-2-6-12(14)10-16(22)20(18)24/h9-10,23-24H,1-8H2. The number of phenolic OH excluding ortho intramolecular Hbond substituents is 2. The summed E-state index contributed by atoms with van der Waals surface area (Å²) in [6, 6.07) is 4.26. The van der Waals surface area contributed by atoms with E-state index in [1.54, 1.807) is 0 Å². The Labute approximate surface area is 170 Å². The molecule has 0 atom stereocenters. The maximum atomic E-state index is 10.9. The minimum atomic E-state index is 0.348. The number of hydrogen-bond acceptors (Lipinski definition) is 2. The average Bonchev–Trinajstić information content (AvgIpc) is 2.58. The minimum absolute atomic E-state index is 0.348. The zero-order valence-corrected chi connectivity index (χ0v) is 17.8. The van der Waals surface area contributed by atoms with Crippen LogP contribution in [0, 0.1) is 7.14 Å². The predicted molar refractivity (Wildman–Crippen MR) is 114 cm³/mol. The second kappa shape index (κ2) is 6.67. The van der Waals surface area contributed by atoms with Crippen molar-refractivity contribution in [3.63, 3.8) is 0 Å². The van der Waals surface area contributed by atoms with Gasteiger partial charge in [-0.2, -0.15) is 0 Å². The summed E-state index contributed by atoms with van der Waals surface area (Å²) in [6.45, 7) is 0. The number of halogens is 2. The van der Waals surface area contributed by atoms with Crippen LogP contribution in [0.1, 0.15) is 47.9 Å². The maximum Gasteiger partial charge on any atom is 0.137 e. The zero-order valence-electron chi connectivity index (χ0n) is 13.5. The highest BCUT2D eigenvalue weighted by atomic mass is 127. The molecule has 126 valence electrons. The molecule has 2 N–H and O–H groups in total. The third-order valence-corrected chi connectivity index (χ3v) is 7.05. The lowest BCUT2D eigenvalue weighted by molar-refractivity contribution is 0.462. The quantitative estimate of drug-likeness (QED) is 0.449. The van der Waals surface area contributed by atoms with Crippen LogP contribution in [-0.2, 0) is 25.7 Å². The molecule has 4 rings (SSSR count). The van der Waals surface area contributed by atoms with Gasteiger partial charge in [0.1, 0.15) is 11.5 Å². The molecule has 2 aliphatic carbocycles. The lowest BCUT2D eigenvalue weighted by Crippen LogP contribution is -2.10. The molecule has 0 amide bonds. The molecular weight excluding hydrogens is 526 g/mol. The van der Waals surface area contributed by atoms with E-state index in [2.05, 4.69) is 57.3 Å². The Hall–Kier alpha value is -0.500. The van der Waals surface area contributed by atoms with Crippen molar-refractivity contribution in [2.24, 2.45) is 0 Å². The lowest BCUT2D eigenvalue weighted by atomic mass is 9.80. The van der Waals surface area contributed by atoms with Crippen LogP contribution >= 0.6 is 45.2 Å².